The Balaban J connectivity index is 1.56. The first-order valence-electron chi connectivity index (χ1n) is 12.2. The fraction of sp³-hybridized carbons (Fsp3) is 0.143. The van der Waals surface area contributed by atoms with Crippen LogP contribution in [0.2, 0.25) is 0 Å². The number of pyridine rings is 1. The number of nitrogens with zero attached hydrogens (tertiary/aromatic N) is 5. The molecule has 4 aromatic rings. The molecule has 0 saturated carbocycles. The second-order valence-electron chi connectivity index (χ2n) is 8.72. The Morgan fingerprint density at radius 1 is 1.02 bits per heavy atom. The van der Waals surface area contributed by atoms with Crippen LogP contribution in [0.5, 0.6) is 0 Å². The van der Waals surface area contributed by atoms with Gasteiger partial charge < -0.3 is 11.1 Å². The Kier molecular flexibility index (Phi) is 8.82. The number of thioether (sulfide) groups is 1. The van der Waals surface area contributed by atoms with Crippen molar-refractivity contribution in [3.63, 3.8) is 0 Å². The summed E-state index contributed by atoms with van der Waals surface area (Å²) in [5.41, 5.74) is 8.76. The molecule has 1 atom stereocenters. The number of nitrogens with two attached hydrogens (primary N) is 1. The van der Waals surface area contributed by atoms with Crippen molar-refractivity contribution >= 4 is 45.1 Å². The highest BCUT2D eigenvalue weighted by molar-refractivity contribution is 8.00. The molecule has 4 rings (SSSR count). The van der Waals surface area contributed by atoms with Crippen molar-refractivity contribution in [3.8, 4) is 23.3 Å². The van der Waals surface area contributed by atoms with Crippen molar-refractivity contribution in [2.45, 2.75) is 35.4 Å². The molecule has 2 aromatic heterocycles. The third kappa shape index (κ3) is 6.61. The Morgan fingerprint density at radius 2 is 1.66 bits per heavy atom. The SMILES string of the molecule is CCC(Sc1nc(N)c(C#N)c(-c2ccc(C)cc2)c1C#N)C(=O)Nc1ccc(S(=O)(=O)Nc2ncccn2)cc1. The van der Waals surface area contributed by atoms with Crippen molar-refractivity contribution in [2.75, 3.05) is 15.8 Å². The van der Waals surface area contributed by atoms with Crippen LogP contribution in [0.15, 0.2) is 76.9 Å². The number of nitriles is 2. The molecule has 0 bridgehead atoms. The van der Waals surface area contributed by atoms with Crippen molar-refractivity contribution in [3.05, 3.63) is 83.7 Å². The van der Waals surface area contributed by atoms with Crippen LogP contribution < -0.4 is 15.8 Å². The van der Waals surface area contributed by atoms with E-state index in [2.05, 4.69) is 31.1 Å². The van der Waals surface area contributed by atoms with Gasteiger partial charge in [0, 0.05) is 23.6 Å². The molecule has 4 N–H and O–H groups in total. The molecule has 206 valence electrons. The summed E-state index contributed by atoms with van der Waals surface area (Å²) < 4.78 is 27.5. The number of aryl methyl sites for hydroxylation is 1. The highest BCUT2D eigenvalue weighted by atomic mass is 32.2. The Bertz CT molecular complexity index is 1770. The van der Waals surface area contributed by atoms with E-state index in [4.69, 9.17) is 5.73 Å². The van der Waals surface area contributed by atoms with Gasteiger partial charge in [-0.05, 0) is 49.2 Å². The number of benzene rings is 2. The van der Waals surface area contributed by atoms with Crippen molar-refractivity contribution in [1.82, 2.24) is 15.0 Å². The molecular weight excluding hydrogens is 560 g/mol. The summed E-state index contributed by atoms with van der Waals surface area (Å²) in [4.78, 5) is 25.2. The van der Waals surface area contributed by atoms with Crippen LogP contribution in [-0.4, -0.2) is 34.5 Å². The van der Waals surface area contributed by atoms with Gasteiger partial charge in [0.25, 0.3) is 10.0 Å². The second-order valence-corrected chi connectivity index (χ2v) is 11.6. The van der Waals surface area contributed by atoms with Gasteiger partial charge in [-0.25, -0.2) is 28.1 Å². The second kappa shape index (κ2) is 12.5. The van der Waals surface area contributed by atoms with Crippen LogP contribution in [0.4, 0.5) is 17.5 Å². The van der Waals surface area contributed by atoms with Gasteiger partial charge in [0.2, 0.25) is 11.9 Å². The molecule has 1 unspecified atom stereocenters. The summed E-state index contributed by atoms with van der Waals surface area (Å²) in [6.45, 7) is 3.74. The number of sulfonamides is 1. The van der Waals surface area contributed by atoms with Gasteiger partial charge in [-0.1, -0.05) is 48.5 Å². The van der Waals surface area contributed by atoms with Crippen LogP contribution in [0.25, 0.3) is 11.1 Å². The molecule has 0 fully saturated rings. The molecule has 0 radical (unpaired) electrons. The third-order valence-electron chi connectivity index (χ3n) is 5.90. The number of nitrogens with one attached hydrogen (secondary N) is 2. The number of anilines is 3. The minimum absolute atomic E-state index is 0.0360. The van der Waals surface area contributed by atoms with Crippen LogP contribution in [0.3, 0.4) is 0 Å². The van der Waals surface area contributed by atoms with Gasteiger partial charge in [0.05, 0.1) is 15.7 Å². The lowest BCUT2D eigenvalue weighted by Gasteiger charge is -2.18. The highest BCUT2D eigenvalue weighted by Crippen LogP contribution is 2.37. The molecular formula is C28H24N8O3S2. The summed E-state index contributed by atoms with van der Waals surface area (Å²) in [5.74, 6) is -0.479. The zero-order chi connectivity index (χ0) is 29.6. The van der Waals surface area contributed by atoms with Gasteiger partial charge in [0.1, 0.15) is 28.5 Å². The van der Waals surface area contributed by atoms with E-state index in [0.29, 0.717) is 23.2 Å². The zero-order valence-electron chi connectivity index (χ0n) is 22.0. The molecule has 13 heteroatoms. The van der Waals surface area contributed by atoms with Crippen LogP contribution in [0, 0.1) is 29.6 Å². The minimum atomic E-state index is -3.93. The fourth-order valence-electron chi connectivity index (χ4n) is 3.82. The lowest BCUT2D eigenvalue weighted by atomic mass is 9.96. The van der Waals surface area contributed by atoms with E-state index in [9.17, 15) is 23.7 Å². The van der Waals surface area contributed by atoms with Gasteiger partial charge >= 0.3 is 0 Å². The predicted molar refractivity (Wildman–Crippen MR) is 156 cm³/mol. The minimum Gasteiger partial charge on any atom is -0.383 e. The number of carbonyl (C=O) groups excluding carboxylic acids is 1. The van der Waals surface area contributed by atoms with E-state index in [0.717, 1.165) is 17.3 Å². The number of carbonyl (C=O) groups is 1. The summed E-state index contributed by atoms with van der Waals surface area (Å²) >= 11 is 1.07. The van der Waals surface area contributed by atoms with E-state index >= 15 is 0 Å². The van der Waals surface area contributed by atoms with Crippen molar-refractivity contribution in [1.29, 1.82) is 10.5 Å². The average Bonchev–Trinajstić information content (AvgIpc) is 2.96. The lowest BCUT2D eigenvalue weighted by Crippen LogP contribution is -2.25. The lowest BCUT2D eigenvalue weighted by molar-refractivity contribution is -0.115. The van der Waals surface area contributed by atoms with E-state index in [1.54, 1.807) is 18.2 Å². The smallest absolute Gasteiger partial charge is 0.264 e. The van der Waals surface area contributed by atoms with Crippen molar-refractivity contribution in [2.24, 2.45) is 0 Å². The number of amides is 1. The molecule has 0 aliphatic rings. The van der Waals surface area contributed by atoms with Crippen LogP contribution >= 0.6 is 11.8 Å². The van der Waals surface area contributed by atoms with Crippen LogP contribution in [0.1, 0.15) is 30.0 Å². The molecule has 11 nitrogen and oxygen atoms in total. The topological polar surface area (TPSA) is 188 Å². The fourth-order valence-corrected chi connectivity index (χ4v) is 5.80. The Morgan fingerprint density at radius 3 is 2.24 bits per heavy atom. The standard InChI is InChI=1S/C28H24N8O3S2/c1-3-23(26(37)34-19-9-11-20(12-10-19)41(38,39)36-28-32-13-4-14-33-28)40-27-22(16-30)24(21(15-29)25(31)35-27)18-7-5-17(2)6-8-18/h4-14,23H,3H2,1-2H3,(H2,31,35)(H,34,37)(H,32,33,36). The monoisotopic (exact) mass is 584 g/mol. The summed E-state index contributed by atoms with van der Waals surface area (Å²) in [6.07, 6.45) is 3.21. The van der Waals surface area contributed by atoms with E-state index in [-0.39, 0.29) is 38.7 Å². The van der Waals surface area contributed by atoms with Crippen LogP contribution in [-0.2, 0) is 14.8 Å². The Labute approximate surface area is 241 Å². The van der Waals surface area contributed by atoms with Gasteiger partial charge in [-0.15, -0.1) is 0 Å². The third-order valence-corrected chi connectivity index (χ3v) is 8.59. The molecule has 41 heavy (non-hydrogen) atoms. The maximum atomic E-state index is 13.2. The summed E-state index contributed by atoms with van der Waals surface area (Å²) in [7, 11) is -3.93. The van der Waals surface area contributed by atoms with Crippen molar-refractivity contribution < 1.29 is 13.2 Å². The molecule has 0 aliphatic carbocycles. The highest BCUT2D eigenvalue weighted by Gasteiger charge is 2.26. The molecule has 0 aliphatic heterocycles. The summed E-state index contributed by atoms with van der Waals surface area (Å²) in [6, 6.07) is 18.7. The zero-order valence-corrected chi connectivity index (χ0v) is 23.6. The first kappa shape index (κ1) is 29.0. The number of nitrogen functional groups attached to an aromatic ring is 1. The molecule has 0 spiro atoms. The normalized spacial score (nSPS) is 11.6. The Hall–Kier alpha value is -4.98. The number of aromatic nitrogens is 3. The average molecular weight is 585 g/mol. The molecule has 2 aromatic carbocycles. The summed E-state index contributed by atoms with van der Waals surface area (Å²) in [5, 5.41) is 22.1. The molecule has 2 heterocycles. The molecule has 0 saturated heterocycles. The van der Waals surface area contributed by atoms with E-state index < -0.39 is 15.3 Å². The maximum absolute atomic E-state index is 13.2. The quantitative estimate of drug-likeness (QED) is 0.237. The number of rotatable bonds is 9. The first-order chi connectivity index (χ1) is 19.7. The number of hydrogen-bond acceptors (Lipinski definition) is 10. The molecule has 1 amide bonds. The number of hydrogen-bond donors (Lipinski definition) is 3. The predicted octanol–water partition coefficient (Wildman–Crippen LogP) is 4.48. The largest absolute Gasteiger partial charge is 0.383 e. The van der Waals surface area contributed by atoms with E-state index in [1.165, 1.54) is 36.7 Å². The first-order valence-corrected chi connectivity index (χ1v) is 14.6. The van der Waals surface area contributed by atoms with E-state index in [1.807, 2.05) is 32.0 Å². The van der Waals surface area contributed by atoms with Gasteiger partial charge in [-0.2, -0.15) is 10.5 Å². The van der Waals surface area contributed by atoms with Gasteiger partial charge in [-0.3, -0.25) is 4.79 Å². The maximum Gasteiger partial charge on any atom is 0.264 e. The van der Waals surface area contributed by atoms with Gasteiger partial charge in [0.15, 0.2) is 0 Å².